The van der Waals surface area contributed by atoms with Crippen LogP contribution in [0.5, 0.6) is 5.75 Å². The molecule has 1 saturated heterocycles. The molecule has 4 nitrogen and oxygen atoms in total. The smallest absolute Gasteiger partial charge is 0.165 e. The Labute approximate surface area is 119 Å². The molecule has 1 heterocycles. The van der Waals surface area contributed by atoms with E-state index in [9.17, 15) is 9.50 Å². The van der Waals surface area contributed by atoms with E-state index < -0.39 is 6.10 Å². The van der Waals surface area contributed by atoms with E-state index in [1.807, 2.05) is 7.05 Å². The lowest BCUT2D eigenvalue weighted by atomic mass is 9.99. The van der Waals surface area contributed by atoms with Gasteiger partial charge in [0.25, 0.3) is 0 Å². The van der Waals surface area contributed by atoms with Crippen LogP contribution >= 0.6 is 0 Å². The molecule has 0 saturated carbocycles. The number of rotatable bonds is 4. The first-order valence-electron chi connectivity index (χ1n) is 6.90. The molecule has 0 spiro atoms. The van der Waals surface area contributed by atoms with Crippen molar-refractivity contribution in [3.8, 4) is 5.75 Å². The summed E-state index contributed by atoms with van der Waals surface area (Å²) in [5.74, 6) is -0.149. The van der Waals surface area contributed by atoms with E-state index >= 15 is 0 Å². The predicted octanol–water partition coefficient (Wildman–Crippen LogP) is 0.984. The van der Waals surface area contributed by atoms with Gasteiger partial charge in [0.15, 0.2) is 11.6 Å². The second kappa shape index (κ2) is 6.52. The lowest BCUT2D eigenvalue weighted by Gasteiger charge is -2.40. The summed E-state index contributed by atoms with van der Waals surface area (Å²) >= 11 is 0. The molecule has 2 unspecified atom stereocenters. The zero-order valence-electron chi connectivity index (χ0n) is 12.3. The van der Waals surface area contributed by atoms with Crippen molar-refractivity contribution in [1.29, 1.82) is 0 Å². The van der Waals surface area contributed by atoms with Gasteiger partial charge in [-0.3, -0.25) is 4.90 Å². The zero-order valence-corrected chi connectivity index (χ0v) is 12.3. The molecule has 20 heavy (non-hydrogen) atoms. The molecule has 1 aromatic carbocycles. The van der Waals surface area contributed by atoms with Gasteiger partial charge in [0.05, 0.1) is 13.2 Å². The maximum Gasteiger partial charge on any atom is 0.165 e. The van der Waals surface area contributed by atoms with Crippen LogP contribution in [0, 0.1) is 5.82 Å². The summed E-state index contributed by atoms with van der Waals surface area (Å²) in [4.78, 5) is 4.38. The molecule has 1 aliphatic heterocycles. The Morgan fingerprint density at radius 2 is 2.15 bits per heavy atom. The van der Waals surface area contributed by atoms with Crippen molar-refractivity contribution in [2.45, 2.75) is 18.6 Å². The number of hydrogen-bond donors (Lipinski definition) is 1. The summed E-state index contributed by atoms with van der Waals surface area (Å²) in [5, 5.41) is 10.4. The number of likely N-dealkylation sites (N-methyl/N-ethyl adjacent to an activating group) is 2. The Hall–Kier alpha value is -1.17. The highest BCUT2D eigenvalue weighted by molar-refractivity contribution is 5.29. The number of halogens is 1. The highest BCUT2D eigenvalue weighted by atomic mass is 19.1. The van der Waals surface area contributed by atoms with Gasteiger partial charge in [0, 0.05) is 32.1 Å². The molecule has 1 aliphatic rings. The first kappa shape index (κ1) is 15.2. The SMILES string of the molecule is COc1ccc(CC(O)C2CN(C)CCN2C)cc1F. The molecule has 1 fully saturated rings. The summed E-state index contributed by atoms with van der Waals surface area (Å²) in [5.41, 5.74) is 0.789. The van der Waals surface area contributed by atoms with Crippen molar-refractivity contribution in [3.05, 3.63) is 29.6 Å². The van der Waals surface area contributed by atoms with Crippen LogP contribution < -0.4 is 4.74 Å². The molecule has 1 N–H and O–H groups in total. The molecule has 2 atom stereocenters. The summed E-state index contributed by atoms with van der Waals surface area (Å²) in [6.07, 6.45) is -0.0559. The van der Waals surface area contributed by atoms with Crippen molar-refractivity contribution in [2.24, 2.45) is 0 Å². The number of hydrogen-bond acceptors (Lipinski definition) is 4. The minimum atomic E-state index is -0.504. The van der Waals surface area contributed by atoms with E-state index in [1.54, 1.807) is 12.1 Å². The normalized spacial score (nSPS) is 22.8. The van der Waals surface area contributed by atoms with Gasteiger partial charge in [0.1, 0.15) is 0 Å². The van der Waals surface area contributed by atoms with Gasteiger partial charge < -0.3 is 14.7 Å². The third-order valence-electron chi connectivity index (χ3n) is 4.00. The van der Waals surface area contributed by atoms with Gasteiger partial charge in [-0.2, -0.15) is 0 Å². The number of nitrogens with zero attached hydrogens (tertiary/aromatic N) is 2. The average molecular weight is 282 g/mol. The second-order valence-electron chi connectivity index (χ2n) is 5.55. The van der Waals surface area contributed by atoms with Crippen molar-refractivity contribution in [3.63, 3.8) is 0 Å². The van der Waals surface area contributed by atoms with Gasteiger partial charge in [-0.25, -0.2) is 4.39 Å². The van der Waals surface area contributed by atoms with Gasteiger partial charge in [-0.05, 0) is 31.8 Å². The maximum atomic E-state index is 13.7. The lowest BCUT2D eigenvalue weighted by Crippen LogP contribution is -2.55. The average Bonchev–Trinajstić information content (AvgIpc) is 2.41. The second-order valence-corrected chi connectivity index (χ2v) is 5.55. The molecule has 0 radical (unpaired) electrons. The Bertz CT molecular complexity index is 455. The Balaban J connectivity index is 2.03. The maximum absolute atomic E-state index is 13.7. The topological polar surface area (TPSA) is 35.9 Å². The molecule has 0 bridgehead atoms. The monoisotopic (exact) mass is 282 g/mol. The summed E-state index contributed by atoms with van der Waals surface area (Å²) in [7, 11) is 5.52. The molecular weight excluding hydrogens is 259 g/mol. The van der Waals surface area contributed by atoms with Crippen LogP contribution in [0.2, 0.25) is 0 Å². The fraction of sp³-hybridized carbons (Fsp3) is 0.600. The number of ether oxygens (including phenoxy) is 1. The standard InChI is InChI=1S/C15H23FN2O2/c1-17-6-7-18(2)13(10-17)14(19)9-11-4-5-15(20-3)12(16)8-11/h4-5,8,13-14,19H,6-7,9-10H2,1-3H3. The summed E-state index contributed by atoms with van der Waals surface area (Å²) in [6, 6.07) is 4.93. The predicted molar refractivity (Wildman–Crippen MR) is 76.6 cm³/mol. The molecule has 5 heteroatoms. The highest BCUT2D eigenvalue weighted by Crippen LogP contribution is 2.20. The van der Waals surface area contributed by atoms with Crippen molar-refractivity contribution in [1.82, 2.24) is 9.80 Å². The van der Waals surface area contributed by atoms with Crippen LogP contribution in [0.15, 0.2) is 18.2 Å². The third-order valence-corrected chi connectivity index (χ3v) is 4.00. The van der Waals surface area contributed by atoms with E-state index in [2.05, 4.69) is 16.8 Å². The van der Waals surface area contributed by atoms with Gasteiger partial charge >= 0.3 is 0 Å². The molecule has 112 valence electrons. The Kier molecular flexibility index (Phi) is 4.96. The van der Waals surface area contributed by atoms with E-state index in [1.165, 1.54) is 13.2 Å². The number of methoxy groups -OCH3 is 1. The van der Waals surface area contributed by atoms with E-state index in [0.717, 1.165) is 25.2 Å². The third kappa shape index (κ3) is 3.48. The van der Waals surface area contributed by atoms with Crippen LogP contribution in [0.25, 0.3) is 0 Å². The molecule has 2 rings (SSSR count). The van der Waals surface area contributed by atoms with Crippen LogP contribution in [-0.4, -0.2) is 67.9 Å². The van der Waals surface area contributed by atoms with Crippen molar-refractivity contribution < 1.29 is 14.2 Å². The van der Waals surface area contributed by atoms with Gasteiger partial charge in [-0.1, -0.05) is 6.07 Å². The van der Waals surface area contributed by atoms with Crippen LogP contribution in [0.1, 0.15) is 5.56 Å². The van der Waals surface area contributed by atoms with E-state index in [0.29, 0.717) is 6.42 Å². The quantitative estimate of drug-likeness (QED) is 0.893. The van der Waals surface area contributed by atoms with Gasteiger partial charge in [0.2, 0.25) is 0 Å². The fourth-order valence-electron chi connectivity index (χ4n) is 2.67. The Morgan fingerprint density at radius 1 is 1.40 bits per heavy atom. The Morgan fingerprint density at radius 3 is 2.80 bits per heavy atom. The van der Waals surface area contributed by atoms with E-state index in [-0.39, 0.29) is 17.6 Å². The van der Waals surface area contributed by atoms with Gasteiger partial charge in [-0.15, -0.1) is 0 Å². The zero-order chi connectivity index (χ0) is 14.7. The fourth-order valence-corrected chi connectivity index (χ4v) is 2.67. The minimum Gasteiger partial charge on any atom is -0.494 e. The van der Waals surface area contributed by atoms with E-state index in [4.69, 9.17) is 4.74 Å². The number of aliphatic hydroxyl groups is 1. The number of aliphatic hydroxyl groups excluding tert-OH is 1. The molecule has 0 aromatic heterocycles. The largest absolute Gasteiger partial charge is 0.494 e. The number of benzene rings is 1. The molecule has 0 aliphatic carbocycles. The number of piperazine rings is 1. The first-order valence-corrected chi connectivity index (χ1v) is 6.90. The van der Waals surface area contributed by atoms with Crippen LogP contribution in [0.3, 0.4) is 0 Å². The summed E-state index contributed by atoms with van der Waals surface area (Å²) in [6.45, 7) is 2.78. The van der Waals surface area contributed by atoms with Crippen molar-refractivity contribution in [2.75, 3.05) is 40.8 Å². The van der Waals surface area contributed by atoms with Crippen LogP contribution in [-0.2, 0) is 6.42 Å². The van der Waals surface area contributed by atoms with Crippen molar-refractivity contribution >= 4 is 0 Å². The highest BCUT2D eigenvalue weighted by Gasteiger charge is 2.28. The molecule has 0 amide bonds. The van der Waals surface area contributed by atoms with Crippen LogP contribution in [0.4, 0.5) is 4.39 Å². The minimum absolute atomic E-state index is 0.0823. The molecule has 1 aromatic rings. The summed E-state index contributed by atoms with van der Waals surface area (Å²) < 4.78 is 18.6. The molecular formula is C15H23FN2O2. The lowest BCUT2D eigenvalue weighted by molar-refractivity contribution is 0.0152. The first-order chi connectivity index (χ1) is 9.51.